The van der Waals surface area contributed by atoms with E-state index in [9.17, 15) is 9.18 Å². The van der Waals surface area contributed by atoms with Gasteiger partial charge in [0.2, 0.25) is 0 Å². The number of hydrogen-bond acceptors (Lipinski definition) is 5. The van der Waals surface area contributed by atoms with Crippen molar-refractivity contribution in [3.63, 3.8) is 0 Å². The molecule has 0 bridgehead atoms. The molecule has 25 heavy (non-hydrogen) atoms. The zero-order chi connectivity index (χ0) is 17.6. The molecule has 0 saturated carbocycles. The molecule has 0 aliphatic carbocycles. The topological polar surface area (TPSA) is 77.2 Å². The zero-order valence-electron chi connectivity index (χ0n) is 13.8. The molecule has 1 N–H and O–H groups in total. The molecule has 2 heterocycles. The van der Waals surface area contributed by atoms with Gasteiger partial charge in [0.1, 0.15) is 11.6 Å². The number of carbonyl (C=O) groups is 1. The van der Waals surface area contributed by atoms with Crippen molar-refractivity contribution in [2.24, 2.45) is 0 Å². The highest BCUT2D eigenvalue weighted by Crippen LogP contribution is 2.16. The fourth-order valence-corrected chi connectivity index (χ4v) is 2.32. The Morgan fingerprint density at radius 2 is 2.08 bits per heavy atom. The van der Waals surface area contributed by atoms with E-state index in [2.05, 4.69) is 15.5 Å². The third kappa shape index (κ3) is 4.32. The summed E-state index contributed by atoms with van der Waals surface area (Å²) in [5.41, 5.74) is 1.60. The van der Waals surface area contributed by atoms with Crippen molar-refractivity contribution in [3.05, 3.63) is 53.6 Å². The number of ether oxygens (including phenoxy) is 1. The average molecular weight is 343 g/mol. The predicted octanol–water partition coefficient (Wildman–Crippen LogP) is 3.26. The van der Waals surface area contributed by atoms with Crippen LogP contribution < -0.4 is 10.1 Å². The van der Waals surface area contributed by atoms with Crippen molar-refractivity contribution in [2.75, 3.05) is 13.2 Å². The minimum absolute atomic E-state index is 0.186. The highest BCUT2D eigenvalue weighted by molar-refractivity contribution is 5.96. The van der Waals surface area contributed by atoms with E-state index in [0.717, 1.165) is 18.2 Å². The number of carbonyl (C=O) groups excluding carboxylic acids is 1. The van der Waals surface area contributed by atoms with Crippen LogP contribution in [0.4, 0.5) is 4.39 Å². The first kappa shape index (κ1) is 16.9. The molecule has 1 aromatic carbocycles. The average Bonchev–Trinajstić information content (AvgIpc) is 3.00. The van der Waals surface area contributed by atoms with Gasteiger partial charge in [0.15, 0.2) is 0 Å². The first-order valence-corrected chi connectivity index (χ1v) is 8.02. The molecule has 0 fully saturated rings. The van der Waals surface area contributed by atoms with Crippen LogP contribution in [0.2, 0.25) is 0 Å². The SMILES string of the molecule is Cc1noc2ncc(C(=O)NCCCCOc3ccc(F)cc3)cc12. The molecular formula is C18H18FN3O3. The van der Waals surface area contributed by atoms with Crippen LogP contribution in [0.3, 0.4) is 0 Å². The van der Waals surface area contributed by atoms with E-state index >= 15 is 0 Å². The van der Waals surface area contributed by atoms with E-state index < -0.39 is 0 Å². The maximum atomic E-state index is 12.8. The Morgan fingerprint density at radius 3 is 2.88 bits per heavy atom. The molecule has 0 atom stereocenters. The Balaban J connectivity index is 1.40. The number of nitrogens with zero attached hydrogens (tertiary/aromatic N) is 2. The molecule has 0 unspecified atom stereocenters. The maximum Gasteiger partial charge on any atom is 0.257 e. The summed E-state index contributed by atoms with van der Waals surface area (Å²) in [6.45, 7) is 2.84. The molecule has 130 valence electrons. The number of halogens is 1. The predicted molar refractivity (Wildman–Crippen MR) is 90.0 cm³/mol. The Morgan fingerprint density at radius 1 is 1.28 bits per heavy atom. The highest BCUT2D eigenvalue weighted by atomic mass is 19.1. The van der Waals surface area contributed by atoms with Crippen molar-refractivity contribution in [1.82, 2.24) is 15.5 Å². The van der Waals surface area contributed by atoms with Gasteiger partial charge in [0.25, 0.3) is 11.6 Å². The van der Waals surface area contributed by atoms with Crippen LogP contribution in [0.1, 0.15) is 28.9 Å². The van der Waals surface area contributed by atoms with Crippen molar-refractivity contribution in [2.45, 2.75) is 19.8 Å². The van der Waals surface area contributed by atoms with E-state index in [1.165, 1.54) is 18.3 Å². The van der Waals surface area contributed by atoms with Crippen LogP contribution in [0.5, 0.6) is 5.75 Å². The van der Waals surface area contributed by atoms with Crippen LogP contribution in [0.15, 0.2) is 41.1 Å². The second-order valence-electron chi connectivity index (χ2n) is 5.61. The summed E-state index contributed by atoms with van der Waals surface area (Å²) >= 11 is 0. The number of nitrogens with one attached hydrogen (secondary N) is 1. The van der Waals surface area contributed by atoms with Gasteiger partial charge in [-0.3, -0.25) is 4.79 Å². The molecule has 3 aromatic rings. The highest BCUT2D eigenvalue weighted by Gasteiger charge is 2.11. The lowest BCUT2D eigenvalue weighted by Gasteiger charge is -2.07. The molecule has 7 heteroatoms. The van der Waals surface area contributed by atoms with Crippen LogP contribution in [0, 0.1) is 12.7 Å². The third-order valence-electron chi connectivity index (χ3n) is 3.71. The van der Waals surface area contributed by atoms with Gasteiger partial charge in [0, 0.05) is 12.7 Å². The van der Waals surface area contributed by atoms with Gasteiger partial charge in [-0.25, -0.2) is 9.37 Å². The summed E-state index contributed by atoms with van der Waals surface area (Å²) < 4.78 is 23.3. The molecule has 0 spiro atoms. The Bertz CT molecular complexity index is 862. The van der Waals surface area contributed by atoms with Crippen molar-refractivity contribution in [3.8, 4) is 5.75 Å². The van der Waals surface area contributed by atoms with Gasteiger partial charge in [-0.2, -0.15) is 0 Å². The van der Waals surface area contributed by atoms with Gasteiger partial charge in [-0.05, 0) is 50.1 Å². The fourth-order valence-electron chi connectivity index (χ4n) is 2.32. The Kier molecular flexibility index (Phi) is 5.23. The van der Waals surface area contributed by atoms with Crippen LogP contribution >= 0.6 is 0 Å². The largest absolute Gasteiger partial charge is 0.494 e. The molecule has 0 aliphatic heterocycles. The molecule has 6 nitrogen and oxygen atoms in total. The molecular weight excluding hydrogens is 325 g/mol. The van der Waals surface area contributed by atoms with Gasteiger partial charge >= 0.3 is 0 Å². The van der Waals surface area contributed by atoms with E-state index in [1.54, 1.807) is 25.1 Å². The van der Waals surface area contributed by atoms with Gasteiger partial charge < -0.3 is 14.6 Å². The molecule has 0 radical (unpaired) electrons. The van der Waals surface area contributed by atoms with Crippen molar-refractivity contribution >= 4 is 17.0 Å². The lowest BCUT2D eigenvalue weighted by atomic mass is 10.2. The lowest BCUT2D eigenvalue weighted by molar-refractivity contribution is 0.0952. The normalized spacial score (nSPS) is 10.8. The Labute approximate surface area is 144 Å². The Hall–Kier alpha value is -2.96. The third-order valence-corrected chi connectivity index (χ3v) is 3.71. The number of aryl methyl sites for hydroxylation is 1. The summed E-state index contributed by atoms with van der Waals surface area (Å²) in [7, 11) is 0. The lowest BCUT2D eigenvalue weighted by Crippen LogP contribution is -2.24. The molecule has 2 aromatic heterocycles. The number of hydrogen-bond donors (Lipinski definition) is 1. The fraction of sp³-hybridized carbons (Fsp3) is 0.278. The maximum absolute atomic E-state index is 12.8. The summed E-state index contributed by atoms with van der Waals surface area (Å²) in [5, 5.41) is 7.40. The molecule has 1 amide bonds. The van der Waals surface area contributed by atoms with E-state index in [-0.39, 0.29) is 11.7 Å². The monoisotopic (exact) mass is 343 g/mol. The first-order valence-electron chi connectivity index (χ1n) is 8.02. The molecule has 0 aliphatic rings. The number of unbranched alkanes of at least 4 members (excludes halogenated alkanes) is 1. The second-order valence-corrected chi connectivity index (χ2v) is 5.61. The zero-order valence-corrected chi connectivity index (χ0v) is 13.8. The number of rotatable bonds is 7. The minimum Gasteiger partial charge on any atom is -0.494 e. The van der Waals surface area contributed by atoms with Crippen LogP contribution in [0.25, 0.3) is 11.1 Å². The summed E-state index contributed by atoms with van der Waals surface area (Å²) in [6, 6.07) is 7.62. The molecule has 0 saturated heterocycles. The van der Waals surface area contributed by atoms with Gasteiger partial charge in [0.05, 0.1) is 23.3 Å². The summed E-state index contributed by atoms with van der Waals surface area (Å²) in [5.74, 6) is 0.160. The van der Waals surface area contributed by atoms with Gasteiger partial charge in [-0.1, -0.05) is 5.16 Å². The standard InChI is InChI=1S/C18H18FN3O3/c1-12-16-10-13(11-21-18(16)25-22-12)17(23)20-8-2-3-9-24-15-6-4-14(19)5-7-15/h4-7,10-11H,2-3,8-9H2,1H3,(H,20,23). The van der Waals surface area contributed by atoms with Crippen molar-refractivity contribution < 1.29 is 18.4 Å². The van der Waals surface area contributed by atoms with Crippen LogP contribution in [-0.4, -0.2) is 29.2 Å². The number of fused-ring (bicyclic) bond motifs is 1. The summed E-state index contributed by atoms with van der Waals surface area (Å²) in [4.78, 5) is 16.2. The second kappa shape index (κ2) is 7.74. The quantitative estimate of drug-likeness (QED) is 0.666. The molecule has 3 rings (SSSR count). The number of amides is 1. The van der Waals surface area contributed by atoms with Crippen molar-refractivity contribution in [1.29, 1.82) is 0 Å². The number of aromatic nitrogens is 2. The number of pyridine rings is 1. The first-order chi connectivity index (χ1) is 12.1. The van der Waals surface area contributed by atoms with E-state index in [0.29, 0.717) is 35.9 Å². The minimum atomic E-state index is -0.288. The van der Waals surface area contributed by atoms with Gasteiger partial charge in [-0.15, -0.1) is 0 Å². The van der Waals surface area contributed by atoms with Crippen LogP contribution in [-0.2, 0) is 0 Å². The number of benzene rings is 1. The smallest absolute Gasteiger partial charge is 0.257 e. The van der Waals surface area contributed by atoms with E-state index in [1.807, 2.05) is 0 Å². The summed E-state index contributed by atoms with van der Waals surface area (Å²) in [6.07, 6.45) is 3.02. The van der Waals surface area contributed by atoms with E-state index in [4.69, 9.17) is 9.26 Å².